The number of amides is 1. The summed E-state index contributed by atoms with van der Waals surface area (Å²) in [6, 6.07) is 14.6. The molecule has 3 rings (SSSR count). The zero-order valence-corrected chi connectivity index (χ0v) is 19.5. The monoisotopic (exact) mass is 458 g/mol. The van der Waals surface area contributed by atoms with Gasteiger partial charge in [0.1, 0.15) is 0 Å². The lowest BCUT2D eigenvalue weighted by Gasteiger charge is -2.34. The quantitative estimate of drug-likeness (QED) is 0.642. The highest BCUT2D eigenvalue weighted by Crippen LogP contribution is 2.27. The van der Waals surface area contributed by atoms with Crippen LogP contribution in [0.3, 0.4) is 0 Å². The van der Waals surface area contributed by atoms with Gasteiger partial charge in [0, 0.05) is 18.7 Å². The predicted molar refractivity (Wildman–Crippen MR) is 121 cm³/mol. The summed E-state index contributed by atoms with van der Waals surface area (Å²) in [5, 5.41) is 2.84. The van der Waals surface area contributed by atoms with Crippen LogP contribution in [0.15, 0.2) is 59.5 Å². The van der Waals surface area contributed by atoms with Crippen LogP contribution in [-0.2, 0) is 19.6 Å². The summed E-state index contributed by atoms with van der Waals surface area (Å²) in [6.45, 7) is 5.04. The minimum Gasteiger partial charge on any atom is -0.469 e. The van der Waals surface area contributed by atoms with E-state index in [0.29, 0.717) is 13.1 Å². The highest BCUT2D eigenvalue weighted by molar-refractivity contribution is 7.89. The number of piperidine rings is 1. The topological polar surface area (TPSA) is 92.8 Å². The molecular formula is C24H30N2O5S. The van der Waals surface area contributed by atoms with Crippen LogP contribution >= 0.6 is 0 Å². The van der Waals surface area contributed by atoms with Crippen LogP contribution in [0.4, 0.5) is 0 Å². The predicted octanol–water partition coefficient (Wildman–Crippen LogP) is 3.39. The second kappa shape index (κ2) is 10.3. The van der Waals surface area contributed by atoms with Gasteiger partial charge >= 0.3 is 5.97 Å². The SMILES string of the molecule is COC(=O)C[C@H](NC(=O)c1cccc(S(=O)(=O)N2C[C@@H](C)C[C@H](C)C2)c1)c1ccccc1. The molecule has 0 bridgehead atoms. The van der Waals surface area contributed by atoms with E-state index in [1.54, 1.807) is 12.1 Å². The van der Waals surface area contributed by atoms with Gasteiger partial charge in [0.15, 0.2) is 0 Å². The smallest absolute Gasteiger partial charge is 0.307 e. The van der Waals surface area contributed by atoms with Crippen molar-refractivity contribution in [3.63, 3.8) is 0 Å². The van der Waals surface area contributed by atoms with Crippen molar-refractivity contribution in [3.05, 3.63) is 65.7 Å². The van der Waals surface area contributed by atoms with E-state index in [4.69, 9.17) is 4.74 Å². The van der Waals surface area contributed by atoms with Crippen molar-refractivity contribution in [1.29, 1.82) is 0 Å². The van der Waals surface area contributed by atoms with Gasteiger partial charge in [-0.05, 0) is 42.0 Å². The number of carbonyl (C=O) groups is 2. The molecule has 32 heavy (non-hydrogen) atoms. The Hall–Kier alpha value is -2.71. The number of sulfonamides is 1. The van der Waals surface area contributed by atoms with Crippen molar-refractivity contribution >= 4 is 21.9 Å². The number of hydrogen-bond acceptors (Lipinski definition) is 5. The van der Waals surface area contributed by atoms with Gasteiger partial charge in [0.2, 0.25) is 10.0 Å². The van der Waals surface area contributed by atoms with Gasteiger partial charge in [-0.2, -0.15) is 4.31 Å². The molecule has 0 saturated carbocycles. The molecule has 2 aromatic carbocycles. The molecule has 0 aromatic heterocycles. The molecule has 3 atom stereocenters. The number of hydrogen-bond donors (Lipinski definition) is 1. The lowest BCUT2D eigenvalue weighted by molar-refractivity contribution is -0.141. The molecule has 1 fully saturated rings. The molecule has 8 heteroatoms. The maximum Gasteiger partial charge on any atom is 0.307 e. The summed E-state index contributed by atoms with van der Waals surface area (Å²) < 4.78 is 32.7. The maximum atomic E-state index is 13.2. The van der Waals surface area contributed by atoms with E-state index in [0.717, 1.165) is 12.0 Å². The zero-order chi connectivity index (χ0) is 23.3. The molecule has 1 saturated heterocycles. The number of nitrogens with one attached hydrogen (secondary N) is 1. The van der Waals surface area contributed by atoms with Gasteiger partial charge in [-0.25, -0.2) is 8.42 Å². The fourth-order valence-electron chi connectivity index (χ4n) is 4.18. The summed E-state index contributed by atoms with van der Waals surface area (Å²) in [4.78, 5) is 24.9. The number of benzene rings is 2. The van der Waals surface area contributed by atoms with E-state index >= 15 is 0 Å². The number of methoxy groups -OCH3 is 1. The Balaban J connectivity index is 1.83. The number of carbonyl (C=O) groups excluding carboxylic acids is 2. The third-order valence-electron chi connectivity index (χ3n) is 5.68. The molecular weight excluding hydrogens is 428 g/mol. The first-order valence-corrected chi connectivity index (χ1v) is 12.2. The van der Waals surface area contributed by atoms with Crippen molar-refractivity contribution in [3.8, 4) is 0 Å². The van der Waals surface area contributed by atoms with Crippen LogP contribution < -0.4 is 5.32 Å². The summed E-state index contributed by atoms with van der Waals surface area (Å²) in [6.07, 6.45) is 0.962. The first kappa shape index (κ1) is 23.9. The van der Waals surface area contributed by atoms with Gasteiger partial charge in [-0.1, -0.05) is 50.2 Å². The Labute approximate surface area is 189 Å². The fraction of sp³-hybridized carbons (Fsp3) is 0.417. The van der Waals surface area contributed by atoms with Gasteiger partial charge in [0.25, 0.3) is 5.91 Å². The number of esters is 1. The number of rotatable bonds is 7. The molecule has 7 nitrogen and oxygen atoms in total. The van der Waals surface area contributed by atoms with Crippen molar-refractivity contribution in [2.75, 3.05) is 20.2 Å². The normalized spacial score (nSPS) is 20.3. The molecule has 0 spiro atoms. The molecule has 2 aromatic rings. The second-order valence-corrected chi connectivity index (χ2v) is 10.5. The molecule has 1 amide bonds. The van der Waals surface area contributed by atoms with Crippen molar-refractivity contribution in [2.45, 2.75) is 37.6 Å². The molecule has 0 unspecified atom stereocenters. The molecule has 1 heterocycles. The van der Waals surface area contributed by atoms with Gasteiger partial charge in [0.05, 0.1) is 24.5 Å². The summed E-state index contributed by atoms with van der Waals surface area (Å²) in [7, 11) is -2.41. The summed E-state index contributed by atoms with van der Waals surface area (Å²) >= 11 is 0. The maximum absolute atomic E-state index is 13.2. The first-order chi connectivity index (χ1) is 15.2. The highest BCUT2D eigenvalue weighted by atomic mass is 32.2. The number of ether oxygens (including phenoxy) is 1. The van der Waals surface area contributed by atoms with Crippen LogP contribution in [0.2, 0.25) is 0 Å². The van der Waals surface area contributed by atoms with Crippen LogP contribution in [0.1, 0.15) is 48.7 Å². The summed E-state index contributed by atoms with van der Waals surface area (Å²) in [5.41, 5.74) is 0.973. The Bertz CT molecular complexity index is 1050. The van der Waals surface area contributed by atoms with Gasteiger partial charge in [-0.3, -0.25) is 9.59 Å². The van der Waals surface area contributed by atoms with Crippen LogP contribution in [-0.4, -0.2) is 44.8 Å². The standard InChI is InChI=1S/C24H30N2O5S/c1-17-12-18(2)16-26(15-17)32(29,30)21-11-7-10-20(13-21)24(28)25-22(14-23(27)31-3)19-8-5-4-6-9-19/h4-11,13,17-18,22H,12,14-16H2,1-3H3,(H,25,28)/t17-,18-,22-/m0/s1. The number of nitrogens with zero attached hydrogens (tertiary/aromatic N) is 1. The van der Waals surface area contributed by atoms with Crippen LogP contribution in [0.25, 0.3) is 0 Å². The molecule has 1 aliphatic rings. The van der Waals surface area contributed by atoms with E-state index < -0.39 is 27.9 Å². The highest BCUT2D eigenvalue weighted by Gasteiger charge is 2.32. The molecule has 172 valence electrons. The molecule has 1 N–H and O–H groups in total. The third kappa shape index (κ3) is 5.75. The van der Waals surface area contributed by atoms with Crippen LogP contribution in [0, 0.1) is 11.8 Å². The lowest BCUT2D eigenvalue weighted by atomic mass is 9.94. The first-order valence-electron chi connectivity index (χ1n) is 10.7. The Morgan fingerprint density at radius 1 is 1.06 bits per heavy atom. The average molecular weight is 459 g/mol. The Kier molecular flexibility index (Phi) is 7.69. The largest absolute Gasteiger partial charge is 0.469 e. The molecule has 0 radical (unpaired) electrons. The van der Waals surface area contributed by atoms with Crippen LogP contribution in [0.5, 0.6) is 0 Å². The van der Waals surface area contributed by atoms with Crippen molar-refractivity contribution in [1.82, 2.24) is 9.62 Å². The van der Waals surface area contributed by atoms with Crippen molar-refractivity contribution < 1.29 is 22.7 Å². The third-order valence-corrected chi connectivity index (χ3v) is 7.50. The van der Waals surface area contributed by atoms with E-state index in [-0.39, 0.29) is 28.7 Å². The minimum atomic E-state index is -3.71. The van der Waals surface area contributed by atoms with E-state index in [1.807, 2.05) is 44.2 Å². The van der Waals surface area contributed by atoms with Gasteiger partial charge < -0.3 is 10.1 Å². The lowest BCUT2D eigenvalue weighted by Crippen LogP contribution is -2.42. The van der Waals surface area contributed by atoms with E-state index in [2.05, 4.69) is 5.32 Å². The average Bonchev–Trinajstić information content (AvgIpc) is 2.78. The Morgan fingerprint density at radius 3 is 2.34 bits per heavy atom. The van der Waals surface area contributed by atoms with Crippen molar-refractivity contribution in [2.24, 2.45) is 11.8 Å². The zero-order valence-electron chi connectivity index (χ0n) is 18.7. The molecule has 1 aliphatic heterocycles. The van der Waals surface area contributed by atoms with E-state index in [9.17, 15) is 18.0 Å². The molecule has 0 aliphatic carbocycles. The Morgan fingerprint density at radius 2 is 1.72 bits per heavy atom. The minimum absolute atomic E-state index is 0.0339. The van der Waals surface area contributed by atoms with E-state index in [1.165, 1.54) is 23.5 Å². The van der Waals surface area contributed by atoms with Gasteiger partial charge in [-0.15, -0.1) is 0 Å². The second-order valence-electron chi connectivity index (χ2n) is 8.51. The summed E-state index contributed by atoms with van der Waals surface area (Å²) in [5.74, 6) is -0.348. The fourth-order valence-corrected chi connectivity index (χ4v) is 5.90.